The van der Waals surface area contributed by atoms with Gasteiger partial charge in [-0.05, 0) is 6.07 Å². The summed E-state index contributed by atoms with van der Waals surface area (Å²) < 4.78 is 18.0. The molecular weight excluding hydrogens is 173 g/mol. The lowest BCUT2D eigenvalue weighted by Crippen LogP contribution is -2.20. The highest BCUT2D eigenvalue weighted by Crippen LogP contribution is 2.38. The number of nitrogens with two attached hydrogens (primary N) is 1. The maximum absolute atomic E-state index is 12.9. The lowest BCUT2D eigenvalue weighted by atomic mass is 10.0. The van der Waals surface area contributed by atoms with Crippen molar-refractivity contribution in [3.63, 3.8) is 0 Å². The molecule has 13 heavy (non-hydrogen) atoms. The molecular formula is C9H10FNO2. The second-order valence-electron chi connectivity index (χ2n) is 3.09. The quantitative estimate of drug-likeness (QED) is 0.637. The number of ether oxygens (including phenoxy) is 1. The summed E-state index contributed by atoms with van der Waals surface area (Å²) in [5.74, 6) is -0.345. The van der Waals surface area contributed by atoms with Gasteiger partial charge in [0.15, 0.2) is 11.5 Å². The molecule has 1 unspecified atom stereocenters. The number of hydrogen-bond acceptors (Lipinski definition) is 3. The third-order valence-corrected chi connectivity index (χ3v) is 2.14. The summed E-state index contributed by atoms with van der Waals surface area (Å²) >= 11 is 0. The predicted molar refractivity (Wildman–Crippen MR) is 45.1 cm³/mol. The summed E-state index contributed by atoms with van der Waals surface area (Å²) in [6, 6.07) is 2.08. The van der Waals surface area contributed by atoms with E-state index in [0.717, 1.165) is 6.07 Å². The Bertz CT molecular complexity index is 341. The molecule has 3 N–H and O–H groups in total. The van der Waals surface area contributed by atoms with Crippen LogP contribution in [0.4, 0.5) is 4.39 Å². The van der Waals surface area contributed by atoms with E-state index in [2.05, 4.69) is 0 Å². The van der Waals surface area contributed by atoms with Gasteiger partial charge >= 0.3 is 0 Å². The minimum atomic E-state index is -0.489. The van der Waals surface area contributed by atoms with E-state index < -0.39 is 5.82 Å². The molecule has 0 radical (unpaired) electrons. The van der Waals surface area contributed by atoms with Crippen LogP contribution in [0, 0.1) is 5.82 Å². The van der Waals surface area contributed by atoms with Crippen LogP contribution in [0.15, 0.2) is 12.1 Å². The maximum atomic E-state index is 12.9. The molecule has 4 heteroatoms. The first kappa shape index (κ1) is 8.31. The van der Waals surface area contributed by atoms with Crippen molar-refractivity contribution in [2.45, 2.75) is 12.5 Å². The molecule has 0 aromatic heterocycles. The van der Waals surface area contributed by atoms with Crippen LogP contribution in [0.2, 0.25) is 0 Å². The maximum Gasteiger partial charge on any atom is 0.165 e. The fraction of sp³-hybridized carbons (Fsp3) is 0.333. The first-order chi connectivity index (χ1) is 6.18. The second kappa shape index (κ2) is 2.88. The molecule has 0 saturated heterocycles. The van der Waals surface area contributed by atoms with Crippen molar-refractivity contribution in [3.8, 4) is 11.5 Å². The molecule has 1 aromatic carbocycles. The lowest BCUT2D eigenvalue weighted by molar-refractivity contribution is 0.254. The van der Waals surface area contributed by atoms with Crippen LogP contribution in [0.25, 0.3) is 0 Å². The molecule has 2 rings (SSSR count). The van der Waals surface area contributed by atoms with E-state index in [-0.39, 0.29) is 11.8 Å². The highest BCUT2D eigenvalue weighted by Gasteiger charge is 2.21. The zero-order valence-corrected chi connectivity index (χ0v) is 6.96. The van der Waals surface area contributed by atoms with Gasteiger partial charge in [-0.1, -0.05) is 0 Å². The predicted octanol–water partition coefficient (Wildman–Crippen LogP) is 1.31. The Morgan fingerprint density at radius 3 is 3.08 bits per heavy atom. The number of aromatic hydroxyl groups is 1. The van der Waals surface area contributed by atoms with Crippen molar-refractivity contribution in [3.05, 3.63) is 23.5 Å². The van der Waals surface area contributed by atoms with Crippen LogP contribution in [0.5, 0.6) is 11.5 Å². The topological polar surface area (TPSA) is 55.5 Å². The molecule has 1 heterocycles. The molecule has 70 valence electrons. The summed E-state index contributed by atoms with van der Waals surface area (Å²) in [6.07, 6.45) is 0.649. The monoisotopic (exact) mass is 183 g/mol. The highest BCUT2D eigenvalue weighted by atomic mass is 19.1. The Hall–Kier alpha value is -1.29. The van der Waals surface area contributed by atoms with Crippen LogP contribution < -0.4 is 10.5 Å². The van der Waals surface area contributed by atoms with Crippen molar-refractivity contribution in [1.29, 1.82) is 0 Å². The molecule has 0 amide bonds. The van der Waals surface area contributed by atoms with Gasteiger partial charge in [0, 0.05) is 24.1 Å². The SMILES string of the molecule is NC1CCOc2c(O)cc(F)cc21. The number of benzene rings is 1. The van der Waals surface area contributed by atoms with E-state index in [1.807, 2.05) is 0 Å². The molecule has 1 aliphatic heterocycles. The normalized spacial score (nSPS) is 20.6. The molecule has 1 aromatic rings. The van der Waals surface area contributed by atoms with E-state index >= 15 is 0 Å². The summed E-state index contributed by atoms with van der Waals surface area (Å²) in [5, 5.41) is 9.33. The summed E-state index contributed by atoms with van der Waals surface area (Å²) in [5.41, 5.74) is 6.27. The number of rotatable bonds is 0. The number of fused-ring (bicyclic) bond motifs is 1. The Morgan fingerprint density at radius 1 is 1.54 bits per heavy atom. The van der Waals surface area contributed by atoms with Crippen LogP contribution in [0.1, 0.15) is 18.0 Å². The minimum absolute atomic E-state index is 0.176. The first-order valence-electron chi connectivity index (χ1n) is 4.09. The molecule has 0 spiro atoms. The number of halogens is 1. The lowest BCUT2D eigenvalue weighted by Gasteiger charge is -2.23. The van der Waals surface area contributed by atoms with Crippen molar-refractivity contribution in [2.24, 2.45) is 5.73 Å². The van der Waals surface area contributed by atoms with Crippen LogP contribution in [0.3, 0.4) is 0 Å². The van der Waals surface area contributed by atoms with Crippen LogP contribution >= 0.6 is 0 Å². The van der Waals surface area contributed by atoms with Crippen LogP contribution in [-0.2, 0) is 0 Å². The van der Waals surface area contributed by atoms with E-state index in [1.54, 1.807) is 0 Å². The zero-order valence-electron chi connectivity index (χ0n) is 6.96. The van der Waals surface area contributed by atoms with E-state index in [9.17, 15) is 9.50 Å². The van der Waals surface area contributed by atoms with Crippen molar-refractivity contribution >= 4 is 0 Å². The van der Waals surface area contributed by atoms with Crippen LogP contribution in [-0.4, -0.2) is 11.7 Å². The molecule has 0 aliphatic carbocycles. The Kier molecular flexibility index (Phi) is 1.84. The van der Waals surface area contributed by atoms with Gasteiger partial charge in [0.25, 0.3) is 0 Å². The molecule has 1 aliphatic rings. The number of hydrogen-bond donors (Lipinski definition) is 2. The van der Waals surface area contributed by atoms with Gasteiger partial charge in [0.1, 0.15) is 5.82 Å². The minimum Gasteiger partial charge on any atom is -0.504 e. The Balaban J connectivity index is 2.56. The molecule has 0 fully saturated rings. The summed E-state index contributed by atoms with van der Waals surface area (Å²) in [4.78, 5) is 0. The largest absolute Gasteiger partial charge is 0.504 e. The van der Waals surface area contributed by atoms with E-state index in [4.69, 9.17) is 10.5 Å². The molecule has 0 bridgehead atoms. The third kappa shape index (κ3) is 1.33. The van der Waals surface area contributed by atoms with Gasteiger partial charge in [-0.2, -0.15) is 0 Å². The van der Waals surface area contributed by atoms with Gasteiger partial charge in [0.05, 0.1) is 6.61 Å². The smallest absolute Gasteiger partial charge is 0.165 e. The summed E-state index contributed by atoms with van der Waals surface area (Å²) in [6.45, 7) is 0.466. The van der Waals surface area contributed by atoms with Gasteiger partial charge < -0.3 is 15.6 Å². The van der Waals surface area contributed by atoms with E-state index in [0.29, 0.717) is 24.3 Å². The molecule has 1 atom stereocenters. The van der Waals surface area contributed by atoms with Gasteiger partial charge in [-0.3, -0.25) is 0 Å². The summed E-state index contributed by atoms with van der Waals surface area (Å²) in [7, 11) is 0. The fourth-order valence-corrected chi connectivity index (χ4v) is 1.48. The molecule has 3 nitrogen and oxygen atoms in total. The Labute approximate surface area is 74.9 Å². The van der Waals surface area contributed by atoms with Gasteiger partial charge in [0.2, 0.25) is 0 Å². The standard InChI is InChI=1S/C9H10FNO2/c10-5-3-6-7(11)1-2-13-9(6)8(12)4-5/h3-4,7,12H,1-2,11H2. The number of phenols is 1. The number of phenolic OH excluding ortho intramolecular Hbond substituents is 1. The van der Waals surface area contributed by atoms with Crippen molar-refractivity contribution in [2.75, 3.05) is 6.61 Å². The average Bonchev–Trinajstić information content (AvgIpc) is 2.07. The van der Waals surface area contributed by atoms with Crippen molar-refractivity contribution in [1.82, 2.24) is 0 Å². The fourth-order valence-electron chi connectivity index (χ4n) is 1.48. The van der Waals surface area contributed by atoms with E-state index in [1.165, 1.54) is 6.07 Å². The average molecular weight is 183 g/mol. The highest BCUT2D eigenvalue weighted by molar-refractivity contribution is 5.48. The molecule has 0 saturated carbocycles. The second-order valence-corrected chi connectivity index (χ2v) is 3.09. The van der Waals surface area contributed by atoms with Gasteiger partial charge in [-0.25, -0.2) is 4.39 Å². The van der Waals surface area contributed by atoms with Crippen molar-refractivity contribution < 1.29 is 14.2 Å². The zero-order chi connectivity index (χ0) is 9.42. The Morgan fingerprint density at radius 2 is 2.31 bits per heavy atom. The van der Waals surface area contributed by atoms with Gasteiger partial charge in [-0.15, -0.1) is 0 Å². The third-order valence-electron chi connectivity index (χ3n) is 2.14. The first-order valence-corrected chi connectivity index (χ1v) is 4.09.